The Bertz CT molecular complexity index is 1120. The fourth-order valence-electron chi connectivity index (χ4n) is 2.87. The number of rotatable bonds is 5. The van der Waals surface area contributed by atoms with Crippen molar-refractivity contribution in [1.82, 2.24) is 14.7 Å². The van der Waals surface area contributed by atoms with Gasteiger partial charge in [-0.3, -0.25) is 9.59 Å². The molecule has 6 nitrogen and oxygen atoms in total. The van der Waals surface area contributed by atoms with Crippen molar-refractivity contribution in [3.63, 3.8) is 0 Å². The first-order valence-electron chi connectivity index (χ1n) is 9.55. The van der Waals surface area contributed by atoms with Crippen LogP contribution in [0.5, 0.6) is 0 Å². The van der Waals surface area contributed by atoms with Gasteiger partial charge < -0.3 is 10.2 Å². The lowest BCUT2D eigenvalue weighted by molar-refractivity contribution is -0.111. The lowest BCUT2D eigenvalue weighted by Gasteiger charge is -2.09. The third-order valence-corrected chi connectivity index (χ3v) is 5.56. The van der Waals surface area contributed by atoms with Crippen LogP contribution in [0.15, 0.2) is 59.5 Å². The summed E-state index contributed by atoms with van der Waals surface area (Å²) in [6, 6.07) is 13.1. The molecule has 2 aromatic carbocycles. The Hall–Kier alpha value is -3.39. The maximum Gasteiger partial charge on any atom is 0.285 e. The molecule has 2 amide bonds. The number of halogens is 1. The second-order valence-electron chi connectivity index (χ2n) is 7.08. The zero-order valence-corrected chi connectivity index (χ0v) is 18.5. The number of nitrogens with one attached hydrogen (secondary N) is 1. The van der Waals surface area contributed by atoms with E-state index in [2.05, 4.69) is 10.4 Å². The van der Waals surface area contributed by atoms with Gasteiger partial charge in [0.1, 0.15) is 5.82 Å². The van der Waals surface area contributed by atoms with E-state index in [9.17, 15) is 14.0 Å². The maximum atomic E-state index is 13.2. The van der Waals surface area contributed by atoms with E-state index in [-0.39, 0.29) is 17.0 Å². The lowest BCUT2D eigenvalue weighted by atomic mass is 10.2. The minimum atomic E-state index is -0.307. The molecule has 0 aliphatic heterocycles. The monoisotopic (exact) mass is 438 g/mol. The summed E-state index contributed by atoms with van der Waals surface area (Å²) in [5.74, 6) is -0.587. The van der Waals surface area contributed by atoms with Crippen molar-refractivity contribution in [3.8, 4) is 5.69 Å². The summed E-state index contributed by atoms with van der Waals surface area (Å²) in [6.45, 7) is 3.75. The SMILES string of the molecule is Cc1nn(-c2ccc(F)cc2)c(C)c1/C=C/C(=O)Nc1ccc(SC(=O)N(C)C)cc1. The molecule has 0 aliphatic rings. The Balaban J connectivity index is 1.67. The van der Waals surface area contributed by atoms with E-state index in [0.29, 0.717) is 5.69 Å². The summed E-state index contributed by atoms with van der Waals surface area (Å²) in [6.07, 6.45) is 3.16. The van der Waals surface area contributed by atoms with E-state index in [1.807, 2.05) is 13.8 Å². The first kappa shape index (κ1) is 22.3. The number of hydrogen-bond donors (Lipinski definition) is 1. The van der Waals surface area contributed by atoms with Crippen LogP contribution in [-0.4, -0.2) is 39.9 Å². The molecule has 0 unspecified atom stereocenters. The molecule has 1 aromatic heterocycles. The normalized spacial score (nSPS) is 11.0. The van der Waals surface area contributed by atoms with Gasteiger partial charge in [0.25, 0.3) is 5.24 Å². The molecule has 0 saturated heterocycles. The summed E-state index contributed by atoms with van der Waals surface area (Å²) in [4.78, 5) is 26.4. The van der Waals surface area contributed by atoms with Crippen molar-refractivity contribution in [2.45, 2.75) is 18.7 Å². The molecule has 1 N–H and O–H groups in total. The van der Waals surface area contributed by atoms with Crippen molar-refractivity contribution in [1.29, 1.82) is 0 Å². The fourth-order valence-corrected chi connectivity index (χ4v) is 3.53. The van der Waals surface area contributed by atoms with Crippen LogP contribution < -0.4 is 5.32 Å². The van der Waals surface area contributed by atoms with Gasteiger partial charge in [0.05, 0.1) is 11.4 Å². The third kappa shape index (κ3) is 5.61. The quantitative estimate of drug-likeness (QED) is 0.447. The van der Waals surface area contributed by atoms with Gasteiger partial charge in [-0.25, -0.2) is 9.07 Å². The Morgan fingerprint density at radius 1 is 1.06 bits per heavy atom. The van der Waals surface area contributed by atoms with Crippen molar-refractivity contribution < 1.29 is 14.0 Å². The predicted molar refractivity (Wildman–Crippen MR) is 122 cm³/mol. The van der Waals surface area contributed by atoms with Crippen LogP contribution in [0.3, 0.4) is 0 Å². The standard InChI is InChI=1S/C23H23FN4O2S/c1-15-21(16(2)28(26-15)19-9-5-17(24)6-10-19)13-14-22(29)25-18-7-11-20(12-8-18)31-23(30)27(3)4/h5-14H,1-4H3,(H,25,29)/b14-13+. The van der Waals surface area contributed by atoms with Crippen LogP contribution in [0.25, 0.3) is 11.8 Å². The van der Waals surface area contributed by atoms with Crippen LogP contribution in [0.1, 0.15) is 17.0 Å². The largest absolute Gasteiger partial charge is 0.339 e. The molecule has 0 fully saturated rings. The second kappa shape index (κ2) is 9.61. The number of aromatic nitrogens is 2. The van der Waals surface area contributed by atoms with Crippen molar-refractivity contribution in [2.75, 3.05) is 19.4 Å². The minimum absolute atomic E-state index is 0.0633. The Kier molecular flexibility index (Phi) is 6.91. The lowest BCUT2D eigenvalue weighted by Crippen LogP contribution is -2.16. The van der Waals surface area contributed by atoms with Gasteiger partial charge in [-0.15, -0.1) is 0 Å². The van der Waals surface area contributed by atoms with E-state index in [0.717, 1.165) is 39.3 Å². The minimum Gasteiger partial charge on any atom is -0.339 e. The maximum absolute atomic E-state index is 13.2. The van der Waals surface area contributed by atoms with Gasteiger partial charge in [0, 0.05) is 42.0 Å². The number of benzene rings is 2. The third-order valence-electron chi connectivity index (χ3n) is 4.51. The zero-order chi connectivity index (χ0) is 22.5. The molecule has 0 radical (unpaired) electrons. The van der Waals surface area contributed by atoms with Gasteiger partial charge in [0.15, 0.2) is 0 Å². The molecule has 0 bridgehead atoms. The van der Waals surface area contributed by atoms with Gasteiger partial charge in [0.2, 0.25) is 5.91 Å². The van der Waals surface area contributed by atoms with Crippen molar-refractivity contribution in [3.05, 3.63) is 77.4 Å². The number of carbonyl (C=O) groups is 2. The average molecular weight is 439 g/mol. The highest BCUT2D eigenvalue weighted by molar-refractivity contribution is 8.13. The molecular formula is C23H23FN4O2S. The molecule has 3 rings (SSSR count). The number of thioether (sulfide) groups is 1. The van der Waals surface area contributed by atoms with Crippen LogP contribution >= 0.6 is 11.8 Å². The molecule has 0 atom stereocenters. The van der Waals surface area contributed by atoms with Crippen LogP contribution in [0.2, 0.25) is 0 Å². The highest BCUT2D eigenvalue weighted by atomic mass is 32.2. The smallest absolute Gasteiger partial charge is 0.285 e. The van der Waals surface area contributed by atoms with Crippen LogP contribution in [0.4, 0.5) is 14.9 Å². The Morgan fingerprint density at radius 3 is 2.32 bits per heavy atom. The van der Waals surface area contributed by atoms with E-state index in [1.54, 1.807) is 61.3 Å². The molecule has 3 aromatic rings. The van der Waals surface area contributed by atoms with Crippen molar-refractivity contribution >= 4 is 34.7 Å². The van der Waals surface area contributed by atoms with Crippen molar-refractivity contribution in [2.24, 2.45) is 0 Å². The summed E-state index contributed by atoms with van der Waals surface area (Å²) in [5.41, 5.74) is 3.81. The highest BCUT2D eigenvalue weighted by Gasteiger charge is 2.11. The number of nitrogens with zero attached hydrogens (tertiary/aromatic N) is 3. The van der Waals surface area contributed by atoms with E-state index >= 15 is 0 Å². The molecule has 0 saturated carbocycles. The summed E-state index contributed by atoms with van der Waals surface area (Å²) in [7, 11) is 3.39. The van der Waals surface area contributed by atoms with E-state index in [1.165, 1.54) is 23.1 Å². The molecule has 0 spiro atoms. The number of aryl methyl sites for hydroxylation is 1. The Morgan fingerprint density at radius 2 is 1.71 bits per heavy atom. The number of hydrogen-bond acceptors (Lipinski definition) is 4. The van der Waals surface area contributed by atoms with E-state index < -0.39 is 0 Å². The number of amides is 2. The predicted octanol–water partition coefficient (Wildman–Crippen LogP) is 5.05. The summed E-state index contributed by atoms with van der Waals surface area (Å²) >= 11 is 1.12. The number of anilines is 1. The van der Waals surface area contributed by atoms with E-state index in [4.69, 9.17) is 0 Å². The van der Waals surface area contributed by atoms with Gasteiger partial charge in [-0.05, 0) is 80.2 Å². The zero-order valence-electron chi connectivity index (χ0n) is 17.7. The average Bonchev–Trinajstić information content (AvgIpc) is 3.02. The second-order valence-corrected chi connectivity index (χ2v) is 8.11. The molecule has 160 valence electrons. The highest BCUT2D eigenvalue weighted by Crippen LogP contribution is 2.23. The fraction of sp³-hybridized carbons (Fsp3) is 0.174. The molecule has 1 heterocycles. The van der Waals surface area contributed by atoms with Gasteiger partial charge in [-0.2, -0.15) is 5.10 Å². The van der Waals surface area contributed by atoms with Gasteiger partial charge >= 0.3 is 0 Å². The first-order valence-corrected chi connectivity index (χ1v) is 10.4. The topological polar surface area (TPSA) is 67.2 Å². The molecular weight excluding hydrogens is 415 g/mol. The Labute approximate surface area is 184 Å². The first-order chi connectivity index (χ1) is 14.7. The summed E-state index contributed by atoms with van der Waals surface area (Å²) in [5, 5.41) is 7.23. The molecule has 31 heavy (non-hydrogen) atoms. The van der Waals surface area contributed by atoms with Gasteiger partial charge in [-0.1, -0.05) is 0 Å². The number of carbonyl (C=O) groups excluding carboxylic acids is 2. The molecule has 0 aliphatic carbocycles. The molecule has 8 heteroatoms. The van der Waals surface area contributed by atoms with Crippen LogP contribution in [-0.2, 0) is 4.79 Å². The van der Waals surface area contributed by atoms with Crippen LogP contribution in [0, 0.1) is 19.7 Å². The summed E-state index contributed by atoms with van der Waals surface area (Å²) < 4.78 is 14.9.